The van der Waals surface area contributed by atoms with Crippen LogP contribution >= 0.6 is 11.3 Å². The fourth-order valence-electron chi connectivity index (χ4n) is 3.09. The van der Waals surface area contributed by atoms with Crippen LogP contribution in [-0.4, -0.2) is 38.1 Å². The summed E-state index contributed by atoms with van der Waals surface area (Å²) in [5.74, 6) is -1.38. The van der Waals surface area contributed by atoms with Gasteiger partial charge >= 0.3 is 5.97 Å². The van der Waals surface area contributed by atoms with E-state index < -0.39 is 12.0 Å². The van der Waals surface area contributed by atoms with Gasteiger partial charge in [-0.05, 0) is 28.6 Å². The van der Waals surface area contributed by atoms with Crippen molar-refractivity contribution >= 4 is 23.2 Å². The summed E-state index contributed by atoms with van der Waals surface area (Å²) in [5, 5.41) is 18.5. The Balaban J connectivity index is 1.65. The molecule has 1 aliphatic heterocycles. The van der Waals surface area contributed by atoms with Gasteiger partial charge in [0.15, 0.2) is 5.69 Å². The number of hydrogen-bond acceptors (Lipinski definition) is 4. The van der Waals surface area contributed by atoms with Gasteiger partial charge in [0, 0.05) is 13.0 Å². The summed E-state index contributed by atoms with van der Waals surface area (Å²) in [5.41, 5.74) is 2.93. The zero-order valence-corrected chi connectivity index (χ0v) is 14.0. The van der Waals surface area contributed by atoms with Crippen molar-refractivity contribution in [1.29, 1.82) is 0 Å². The summed E-state index contributed by atoms with van der Waals surface area (Å²) in [6.45, 7) is 0.271. The van der Waals surface area contributed by atoms with Gasteiger partial charge in [-0.1, -0.05) is 30.3 Å². The number of carboxylic acid groups (broad SMARTS) is 1. The Morgan fingerprint density at radius 1 is 1.20 bits per heavy atom. The molecule has 3 heterocycles. The molecule has 2 aromatic heterocycles. The molecule has 1 amide bonds. The number of aromatic nitrogens is 2. The quantitative estimate of drug-likeness (QED) is 0.758. The van der Waals surface area contributed by atoms with Crippen molar-refractivity contribution in [2.45, 2.75) is 19.0 Å². The molecule has 1 unspecified atom stereocenters. The molecule has 4 rings (SSSR count). The number of benzene rings is 1. The first-order valence-electron chi connectivity index (χ1n) is 7.83. The van der Waals surface area contributed by atoms with Gasteiger partial charge in [0.2, 0.25) is 0 Å². The highest BCUT2D eigenvalue weighted by atomic mass is 32.1. The van der Waals surface area contributed by atoms with Crippen LogP contribution < -0.4 is 0 Å². The molecule has 0 aliphatic carbocycles. The largest absolute Gasteiger partial charge is 0.480 e. The Morgan fingerprint density at radius 3 is 2.72 bits per heavy atom. The highest BCUT2D eigenvalue weighted by Gasteiger charge is 2.35. The number of aliphatic carboxylic acids is 1. The molecule has 2 N–H and O–H groups in total. The van der Waals surface area contributed by atoms with E-state index >= 15 is 0 Å². The highest BCUT2D eigenvalue weighted by Crippen LogP contribution is 2.27. The Hall–Kier alpha value is -2.93. The molecule has 25 heavy (non-hydrogen) atoms. The van der Waals surface area contributed by atoms with Crippen LogP contribution in [0.4, 0.5) is 0 Å². The molecule has 0 radical (unpaired) electrons. The average molecular weight is 353 g/mol. The molecule has 1 atom stereocenters. The van der Waals surface area contributed by atoms with Gasteiger partial charge in [-0.2, -0.15) is 5.10 Å². The summed E-state index contributed by atoms with van der Waals surface area (Å²) in [6.07, 6.45) is 0.305. The van der Waals surface area contributed by atoms with Crippen molar-refractivity contribution in [2.75, 3.05) is 0 Å². The molecule has 0 saturated carbocycles. The molecule has 0 fully saturated rings. The lowest BCUT2D eigenvalue weighted by Crippen LogP contribution is -2.48. The van der Waals surface area contributed by atoms with Gasteiger partial charge in [0.05, 0.1) is 10.6 Å². The molecule has 7 heteroatoms. The lowest BCUT2D eigenvalue weighted by molar-refractivity contribution is -0.142. The van der Waals surface area contributed by atoms with E-state index in [0.29, 0.717) is 6.42 Å². The van der Waals surface area contributed by atoms with Crippen LogP contribution in [0.2, 0.25) is 0 Å². The van der Waals surface area contributed by atoms with Gasteiger partial charge in [0.25, 0.3) is 5.91 Å². The Bertz CT molecular complexity index is 933. The number of nitrogens with zero attached hydrogens (tertiary/aromatic N) is 2. The molecule has 0 saturated heterocycles. The minimum atomic E-state index is -1.00. The number of H-pyrrole nitrogens is 1. The van der Waals surface area contributed by atoms with Crippen LogP contribution in [0.1, 0.15) is 21.6 Å². The number of carbonyl (C=O) groups is 2. The molecule has 3 aromatic rings. The standard InChI is InChI=1S/C18H15N3O3S/c22-17(14-9-13(19-20-14)16-6-3-7-25-16)21-10-12-5-2-1-4-11(12)8-15(21)18(23)24/h1-7,9,15H,8,10H2,(H,19,20)(H,23,24). The first-order valence-corrected chi connectivity index (χ1v) is 8.71. The summed E-state index contributed by atoms with van der Waals surface area (Å²) in [7, 11) is 0. The Morgan fingerprint density at radius 2 is 2.00 bits per heavy atom. The van der Waals surface area contributed by atoms with Crippen molar-refractivity contribution in [2.24, 2.45) is 0 Å². The maximum atomic E-state index is 12.9. The van der Waals surface area contributed by atoms with E-state index in [9.17, 15) is 14.7 Å². The third kappa shape index (κ3) is 2.83. The van der Waals surface area contributed by atoms with E-state index in [-0.39, 0.29) is 18.1 Å². The highest BCUT2D eigenvalue weighted by molar-refractivity contribution is 7.13. The number of carbonyl (C=O) groups excluding carboxylic acids is 1. The number of nitrogens with one attached hydrogen (secondary N) is 1. The van der Waals surface area contributed by atoms with Crippen molar-refractivity contribution in [3.05, 3.63) is 64.7 Å². The third-order valence-corrected chi connectivity index (χ3v) is 5.28. The number of carboxylic acids is 1. The van der Waals surface area contributed by atoms with Crippen LogP contribution in [0.3, 0.4) is 0 Å². The molecule has 0 spiro atoms. The first kappa shape index (κ1) is 15.6. The lowest BCUT2D eigenvalue weighted by Gasteiger charge is -2.33. The van der Waals surface area contributed by atoms with Crippen LogP contribution in [-0.2, 0) is 17.8 Å². The third-order valence-electron chi connectivity index (χ3n) is 4.38. The maximum absolute atomic E-state index is 12.9. The van der Waals surface area contributed by atoms with Crippen LogP contribution in [0.15, 0.2) is 47.8 Å². The van der Waals surface area contributed by atoms with E-state index in [0.717, 1.165) is 21.7 Å². The molecule has 1 aliphatic rings. The number of fused-ring (bicyclic) bond motifs is 1. The second-order valence-corrected chi connectivity index (χ2v) is 6.85. The van der Waals surface area contributed by atoms with Crippen molar-refractivity contribution in [3.8, 4) is 10.6 Å². The van der Waals surface area contributed by atoms with Crippen LogP contribution in [0.5, 0.6) is 0 Å². The number of hydrogen-bond donors (Lipinski definition) is 2. The maximum Gasteiger partial charge on any atom is 0.326 e. The van der Waals surface area contributed by atoms with Gasteiger partial charge in [-0.25, -0.2) is 4.79 Å². The zero-order chi connectivity index (χ0) is 17.4. The van der Waals surface area contributed by atoms with E-state index in [2.05, 4.69) is 10.2 Å². The van der Waals surface area contributed by atoms with Crippen molar-refractivity contribution in [3.63, 3.8) is 0 Å². The van der Waals surface area contributed by atoms with Gasteiger partial charge in [0.1, 0.15) is 6.04 Å². The topological polar surface area (TPSA) is 86.3 Å². The minimum Gasteiger partial charge on any atom is -0.480 e. The summed E-state index contributed by atoms with van der Waals surface area (Å²) < 4.78 is 0. The van der Waals surface area contributed by atoms with E-state index in [1.807, 2.05) is 41.8 Å². The molecule has 0 bridgehead atoms. The molecular weight excluding hydrogens is 338 g/mol. The Labute approximate surface area is 147 Å². The predicted molar refractivity (Wildman–Crippen MR) is 93.3 cm³/mol. The summed E-state index contributed by atoms with van der Waals surface area (Å²) >= 11 is 1.54. The van der Waals surface area contributed by atoms with Gasteiger partial charge < -0.3 is 10.0 Å². The fourth-order valence-corrected chi connectivity index (χ4v) is 3.79. The lowest BCUT2D eigenvalue weighted by atomic mass is 9.93. The van der Waals surface area contributed by atoms with Gasteiger partial charge in [-0.15, -0.1) is 11.3 Å². The monoisotopic (exact) mass is 353 g/mol. The SMILES string of the molecule is O=C(O)C1Cc2ccccc2CN1C(=O)c1cc(-c2cccs2)[nH]n1. The Kier molecular flexibility index (Phi) is 3.85. The number of amides is 1. The summed E-state index contributed by atoms with van der Waals surface area (Å²) in [4.78, 5) is 26.9. The van der Waals surface area contributed by atoms with Crippen molar-refractivity contribution < 1.29 is 14.7 Å². The molecule has 6 nitrogen and oxygen atoms in total. The smallest absolute Gasteiger partial charge is 0.326 e. The minimum absolute atomic E-state index is 0.231. The van der Waals surface area contributed by atoms with E-state index in [4.69, 9.17) is 0 Å². The molecule has 126 valence electrons. The normalized spacial score (nSPS) is 16.5. The number of rotatable bonds is 3. The van der Waals surface area contributed by atoms with E-state index in [1.54, 1.807) is 17.4 Å². The average Bonchev–Trinajstić information content (AvgIpc) is 3.31. The molecule has 1 aromatic carbocycles. The summed E-state index contributed by atoms with van der Waals surface area (Å²) in [6, 6.07) is 12.3. The van der Waals surface area contributed by atoms with E-state index in [1.165, 1.54) is 4.90 Å². The van der Waals surface area contributed by atoms with Crippen LogP contribution in [0, 0.1) is 0 Å². The number of aromatic amines is 1. The van der Waals surface area contributed by atoms with Crippen LogP contribution in [0.25, 0.3) is 10.6 Å². The zero-order valence-electron chi connectivity index (χ0n) is 13.2. The fraction of sp³-hybridized carbons (Fsp3) is 0.167. The van der Waals surface area contributed by atoms with Crippen molar-refractivity contribution in [1.82, 2.24) is 15.1 Å². The molecular formula is C18H15N3O3S. The number of thiophene rings is 1. The predicted octanol–water partition coefficient (Wildman–Crippen LogP) is 2.79. The first-order chi connectivity index (χ1) is 12.1. The second-order valence-electron chi connectivity index (χ2n) is 5.90. The second kappa shape index (κ2) is 6.18. The van der Waals surface area contributed by atoms with Gasteiger partial charge in [-0.3, -0.25) is 9.89 Å².